The molecule has 1 unspecified atom stereocenters. The molecular formula is C15H23NO2. The predicted molar refractivity (Wildman–Crippen MR) is 73.2 cm³/mol. The summed E-state index contributed by atoms with van der Waals surface area (Å²) in [7, 11) is 0. The zero-order chi connectivity index (χ0) is 13.6. The molecule has 0 saturated heterocycles. The first kappa shape index (κ1) is 14.7. The number of ether oxygens (including phenoxy) is 1. The predicted octanol–water partition coefficient (Wildman–Crippen LogP) is 2.75. The second-order valence-electron chi connectivity index (χ2n) is 5.63. The van der Waals surface area contributed by atoms with Gasteiger partial charge in [0, 0.05) is 12.1 Å². The molecule has 100 valence electrons. The highest BCUT2D eigenvalue weighted by Gasteiger charge is 2.17. The summed E-state index contributed by atoms with van der Waals surface area (Å²) < 4.78 is 5.28. The summed E-state index contributed by atoms with van der Waals surface area (Å²) in [4.78, 5) is 11.8. The number of carbonyl (C=O) groups excluding carboxylic acids is 1. The Bertz CT molecular complexity index is 368. The highest BCUT2D eigenvalue weighted by molar-refractivity contribution is 5.72. The van der Waals surface area contributed by atoms with Crippen LogP contribution in [0.15, 0.2) is 30.3 Å². The third kappa shape index (κ3) is 5.82. The van der Waals surface area contributed by atoms with E-state index in [-0.39, 0.29) is 17.4 Å². The molecule has 1 aromatic carbocycles. The van der Waals surface area contributed by atoms with Crippen molar-refractivity contribution in [1.29, 1.82) is 0 Å². The topological polar surface area (TPSA) is 38.3 Å². The van der Waals surface area contributed by atoms with Gasteiger partial charge in [0.25, 0.3) is 0 Å². The zero-order valence-electron chi connectivity index (χ0n) is 11.7. The van der Waals surface area contributed by atoms with Crippen molar-refractivity contribution in [2.24, 2.45) is 5.92 Å². The molecule has 3 heteroatoms. The molecule has 0 saturated carbocycles. The molecule has 0 aliphatic rings. The number of esters is 1. The van der Waals surface area contributed by atoms with Gasteiger partial charge >= 0.3 is 5.97 Å². The monoisotopic (exact) mass is 249 g/mol. The number of carbonyl (C=O) groups is 1. The smallest absolute Gasteiger partial charge is 0.310 e. The fourth-order valence-corrected chi connectivity index (χ4v) is 1.41. The van der Waals surface area contributed by atoms with Gasteiger partial charge in [0.2, 0.25) is 0 Å². The van der Waals surface area contributed by atoms with Gasteiger partial charge in [-0.3, -0.25) is 4.79 Å². The Kier molecular flexibility index (Phi) is 5.35. The number of hydrogen-bond donors (Lipinski definition) is 1. The maximum atomic E-state index is 11.8. The third-order valence-electron chi connectivity index (χ3n) is 2.56. The molecule has 1 aromatic rings. The largest absolute Gasteiger partial charge is 0.461 e. The Morgan fingerprint density at radius 2 is 1.89 bits per heavy atom. The SMILES string of the molecule is CC(CNC(C)(C)C)C(=O)OCc1ccccc1. The molecule has 0 spiro atoms. The molecule has 1 rings (SSSR count). The Morgan fingerprint density at radius 1 is 1.28 bits per heavy atom. The van der Waals surface area contributed by atoms with Crippen molar-refractivity contribution in [1.82, 2.24) is 5.32 Å². The van der Waals surface area contributed by atoms with E-state index in [1.54, 1.807) is 0 Å². The van der Waals surface area contributed by atoms with Crippen LogP contribution in [0.3, 0.4) is 0 Å². The van der Waals surface area contributed by atoms with Crippen LogP contribution in [0.2, 0.25) is 0 Å². The summed E-state index contributed by atoms with van der Waals surface area (Å²) in [6.45, 7) is 9.10. The first-order chi connectivity index (χ1) is 8.38. The van der Waals surface area contributed by atoms with Crippen molar-refractivity contribution in [3.63, 3.8) is 0 Å². The fraction of sp³-hybridized carbons (Fsp3) is 0.533. The van der Waals surface area contributed by atoms with E-state index in [4.69, 9.17) is 4.74 Å². The van der Waals surface area contributed by atoms with E-state index in [1.165, 1.54) is 0 Å². The van der Waals surface area contributed by atoms with Crippen LogP contribution in [0.4, 0.5) is 0 Å². The number of hydrogen-bond acceptors (Lipinski definition) is 3. The Balaban J connectivity index is 2.32. The standard InChI is InChI=1S/C15H23NO2/c1-12(10-16-15(2,3)4)14(17)18-11-13-8-6-5-7-9-13/h5-9,12,16H,10-11H2,1-4H3. The van der Waals surface area contributed by atoms with Crippen LogP contribution in [-0.2, 0) is 16.1 Å². The summed E-state index contributed by atoms with van der Waals surface area (Å²) in [5.74, 6) is -0.288. The molecule has 0 amide bonds. The second-order valence-corrected chi connectivity index (χ2v) is 5.63. The quantitative estimate of drug-likeness (QED) is 0.815. The lowest BCUT2D eigenvalue weighted by Gasteiger charge is -2.22. The van der Waals surface area contributed by atoms with E-state index < -0.39 is 0 Å². The minimum Gasteiger partial charge on any atom is -0.461 e. The highest BCUT2D eigenvalue weighted by Crippen LogP contribution is 2.06. The molecule has 0 aliphatic carbocycles. The Labute approximate surface area is 110 Å². The normalized spacial score (nSPS) is 13.1. The molecule has 0 aromatic heterocycles. The molecule has 1 atom stereocenters. The van der Waals surface area contributed by atoms with Crippen molar-refractivity contribution in [2.75, 3.05) is 6.54 Å². The van der Waals surface area contributed by atoms with Crippen molar-refractivity contribution >= 4 is 5.97 Å². The van der Waals surface area contributed by atoms with Crippen LogP contribution in [0.1, 0.15) is 33.3 Å². The molecule has 0 radical (unpaired) electrons. The molecule has 0 aliphatic heterocycles. The van der Waals surface area contributed by atoms with Gasteiger partial charge in [-0.25, -0.2) is 0 Å². The van der Waals surface area contributed by atoms with Crippen LogP contribution < -0.4 is 5.32 Å². The van der Waals surface area contributed by atoms with Gasteiger partial charge in [-0.15, -0.1) is 0 Å². The summed E-state index contributed by atoms with van der Waals surface area (Å²) in [5, 5.41) is 3.30. The van der Waals surface area contributed by atoms with E-state index in [1.807, 2.05) is 37.3 Å². The minimum atomic E-state index is -0.157. The number of rotatable bonds is 5. The summed E-state index contributed by atoms with van der Waals surface area (Å²) >= 11 is 0. The average Bonchev–Trinajstić information content (AvgIpc) is 2.33. The number of benzene rings is 1. The molecular weight excluding hydrogens is 226 g/mol. The van der Waals surface area contributed by atoms with Crippen molar-refractivity contribution in [3.05, 3.63) is 35.9 Å². The van der Waals surface area contributed by atoms with Gasteiger partial charge in [0.05, 0.1) is 5.92 Å². The van der Waals surface area contributed by atoms with Gasteiger partial charge in [-0.05, 0) is 26.3 Å². The molecule has 18 heavy (non-hydrogen) atoms. The fourth-order valence-electron chi connectivity index (χ4n) is 1.41. The molecule has 0 heterocycles. The van der Waals surface area contributed by atoms with E-state index in [0.29, 0.717) is 13.2 Å². The Morgan fingerprint density at radius 3 is 2.44 bits per heavy atom. The van der Waals surface area contributed by atoms with Gasteiger partial charge in [-0.2, -0.15) is 0 Å². The van der Waals surface area contributed by atoms with E-state index in [0.717, 1.165) is 5.56 Å². The lowest BCUT2D eigenvalue weighted by atomic mass is 10.1. The third-order valence-corrected chi connectivity index (χ3v) is 2.56. The van der Waals surface area contributed by atoms with E-state index in [9.17, 15) is 4.79 Å². The molecule has 0 bridgehead atoms. The molecule has 3 nitrogen and oxygen atoms in total. The van der Waals surface area contributed by atoms with E-state index in [2.05, 4.69) is 26.1 Å². The molecule has 0 fully saturated rings. The average molecular weight is 249 g/mol. The summed E-state index contributed by atoms with van der Waals surface area (Å²) in [5.41, 5.74) is 1.04. The van der Waals surface area contributed by atoms with Gasteiger partial charge in [-0.1, -0.05) is 37.3 Å². The van der Waals surface area contributed by atoms with Crippen LogP contribution in [0.25, 0.3) is 0 Å². The lowest BCUT2D eigenvalue weighted by Crippen LogP contribution is -2.40. The maximum Gasteiger partial charge on any atom is 0.310 e. The van der Waals surface area contributed by atoms with Crippen LogP contribution in [0, 0.1) is 5.92 Å². The second kappa shape index (κ2) is 6.55. The first-order valence-electron chi connectivity index (χ1n) is 6.34. The van der Waals surface area contributed by atoms with E-state index >= 15 is 0 Å². The minimum absolute atomic E-state index is 0.0218. The van der Waals surface area contributed by atoms with Crippen LogP contribution >= 0.6 is 0 Å². The summed E-state index contributed by atoms with van der Waals surface area (Å²) in [6.07, 6.45) is 0. The van der Waals surface area contributed by atoms with Gasteiger partial charge < -0.3 is 10.1 Å². The maximum absolute atomic E-state index is 11.8. The summed E-state index contributed by atoms with van der Waals surface area (Å²) in [6, 6.07) is 9.72. The van der Waals surface area contributed by atoms with Gasteiger partial charge in [0.1, 0.15) is 6.61 Å². The Hall–Kier alpha value is -1.35. The van der Waals surface area contributed by atoms with Crippen molar-refractivity contribution < 1.29 is 9.53 Å². The number of nitrogens with one attached hydrogen (secondary N) is 1. The highest BCUT2D eigenvalue weighted by atomic mass is 16.5. The van der Waals surface area contributed by atoms with Crippen LogP contribution in [0.5, 0.6) is 0 Å². The lowest BCUT2D eigenvalue weighted by molar-refractivity contribution is -0.149. The van der Waals surface area contributed by atoms with Crippen molar-refractivity contribution in [3.8, 4) is 0 Å². The van der Waals surface area contributed by atoms with Crippen molar-refractivity contribution in [2.45, 2.75) is 39.8 Å². The zero-order valence-corrected chi connectivity index (χ0v) is 11.7. The van der Waals surface area contributed by atoms with Gasteiger partial charge in [0.15, 0.2) is 0 Å². The first-order valence-corrected chi connectivity index (χ1v) is 6.34. The van der Waals surface area contributed by atoms with Crippen LogP contribution in [-0.4, -0.2) is 18.1 Å². The molecule has 1 N–H and O–H groups in total.